The molecular formula is C26H34F2N2O3. The molecule has 0 spiro atoms. The van der Waals surface area contributed by atoms with Crippen LogP contribution in [0, 0.1) is 23.5 Å². The fourth-order valence-electron chi connectivity index (χ4n) is 4.64. The number of carbonyl (C=O) groups is 1. The Hall–Kier alpha value is -2.51. The standard InChI is InChI=1S/C26H34F2N2O3/c1-18(2)12-30(26(31)17-32-3)15-21-14-29(13-19-8-9-24(27)25(28)10-19)16-23(21)20-6-5-7-22(11-20)33-4/h5-11,18,21,23H,12-17H2,1-4H3/t21-,23+/m1/s1. The third-order valence-corrected chi connectivity index (χ3v) is 6.09. The number of hydrogen-bond donors (Lipinski definition) is 0. The highest BCUT2D eigenvalue weighted by molar-refractivity contribution is 5.77. The van der Waals surface area contributed by atoms with Gasteiger partial charge in [0.25, 0.3) is 0 Å². The molecule has 0 radical (unpaired) electrons. The van der Waals surface area contributed by atoms with Crippen molar-refractivity contribution in [2.45, 2.75) is 26.3 Å². The minimum atomic E-state index is -0.840. The highest BCUT2D eigenvalue weighted by atomic mass is 19.2. The number of benzene rings is 2. The second kappa shape index (κ2) is 11.6. The van der Waals surface area contributed by atoms with Crippen molar-refractivity contribution >= 4 is 5.91 Å². The summed E-state index contributed by atoms with van der Waals surface area (Å²) in [5, 5.41) is 0. The summed E-state index contributed by atoms with van der Waals surface area (Å²) >= 11 is 0. The summed E-state index contributed by atoms with van der Waals surface area (Å²) in [6, 6.07) is 12.1. The summed E-state index contributed by atoms with van der Waals surface area (Å²) in [7, 11) is 3.18. The van der Waals surface area contributed by atoms with E-state index in [9.17, 15) is 13.6 Å². The molecule has 1 aliphatic heterocycles. The number of rotatable bonds is 10. The fraction of sp³-hybridized carbons (Fsp3) is 0.500. The van der Waals surface area contributed by atoms with Crippen molar-refractivity contribution in [3.05, 3.63) is 65.2 Å². The first-order valence-electron chi connectivity index (χ1n) is 11.4. The molecular weight excluding hydrogens is 426 g/mol. The van der Waals surface area contributed by atoms with Crippen molar-refractivity contribution in [1.82, 2.24) is 9.80 Å². The first-order chi connectivity index (χ1) is 15.8. The molecule has 33 heavy (non-hydrogen) atoms. The Balaban J connectivity index is 1.84. The molecule has 0 saturated carbocycles. The van der Waals surface area contributed by atoms with E-state index in [2.05, 4.69) is 24.8 Å². The van der Waals surface area contributed by atoms with Gasteiger partial charge in [-0.15, -0.1) is 0 Å². The number of hydrogen-bond acceptors (Lipinski definition) is 4. The van der Waals surface area contributed by atoms with Crippen LogP contribution in [0.25, 0.3) is 0 Å². The largest absolute Gasteiger partial charge is 0.497 e. The Kier molecular flexibility index (Phi) is 8.80. The predicted molar refractivity (Wildman–Crippen MR) is 124 cm³/mol. The SMILES string of the molecule is COCC(=O)N(CC(C)C)C[C@H]1CN(Cc2ccc(F)c(F)c2)C[C@H]1c1cccc(OC)c1. The third-order valence-electron chi connectivity index (χ3n) is 6.09. The van der Waals surface area contributed by atoms with E-state index in [1.165, 1.54) is 19.2 Å². The molecule has 0 unspecified atom stereocenters. The van der Waals surface area contributed by atoms with E-state index in [1.54, 1.807) is 13.2 Å². The van der Waals surface area contributed by atoms with Gasteiger partial charge in [0.2, 0.25) is 5.91 Å². The Morgan fingerprint density at radius 1 is 1.12 bits per heavy atom. The molecule has 2 atom stereocenters. The van der Waals surface area contributed by atoms with E-state index in [-0.39, 0.29) is 24.3 Å². The molecule has 0 N–H and O–H groups in total. The lowest BCUT2D eigenvalue weighted by Gasteiger charge is -2.30. The number of methoxy groups -OCH3 is 2. The third kappa shape index (κ3) is 6.74. The topological polar surface area (TPSA) is 42.0 Å². The number of ether oxygens (including phenoxy) is 2. The first kappa shape index (κ1) is 25.1. The van der Waals surface area contributed by atoms with Gasteiger partial charge in [-0.3, -0.25) is 9.69 Å². The number of nitrogens with zero attached hydrogens (tertiary/aromatic N) is 2. The highest BCUT2D eigenvalue weighted by Gasteiger charge is 2.36. The van der Waals surface area contributed by atoms with Crippen LogP contribution in [0.4, 0.5) is 8.78 Å². The normalized spacial score (nSPS) is 18.6. The summed E-state index contributed by atoms with van der Waals surface area (Å²) in [5.41, 5.74) is 1.88. The van der Waals surface area contributed by atoms with Crippen LogP contribution in [0.15, 0.2) is 42.5 Å². The molecule has 0 aliphatic carbocycles. The van der Waals surface area contributed by atoms with Crippen molar-refractivity contribution in [2.75, 3.05) is 47.0 Å². The van der Waals surface area contributed by atoms with E-state index < -0.39 is 11.6 Å². The van der Waals surface area contributed by atoms with Crippen LogP contribution < -0.4 is 4.74 Å². The number of halogens is 2. The molecule has 3 rings (SSSR count). The second-order valence-corrected chi connectivity index (χ2v) is 9.21. The Labute approximate surface area is 195 Å². The maximum Gasteiger partial charge on any atom is 0.248 e. The van der Waals surface area contributed by atoms with Gasteiger partial charge in [-0.2, -0.15) is 0 Å². The van der Waals surface area contributed by atoms with Gasteiger partial charge in [0.05, 0.1) is 7.11 Å². The first-order valence-corrected chi connectivity index (χ1v) is 11.4. The average Bonchev–Trinajstić information content (AvgIpc) is 3.18. The number of amides is 1. The quantitative estimate of drug-likeness (QED) is 0.530. The summed E-state index contributed by atoms with van der Waals surface area (Å²) < 4.78 is 37.7. The fourth-order valence-corrected chi connectivity index (χ4v) is 4.64. The lowest BCUT2D eigenvalue weighted by molar-refractivity contribution is -0.136. The lowest BCUT2D eigenvalue weighted by Crippen LogP contribution is -2.41. The van der Waals surface area contributed by atoms with Crippen molar-refractivity contribution in [1.29, 1.82) is 0 Å². The Morgan fingerprint density at radius 3 is 2.58 bits per heavy atom. The van der Waals surface area contributed by atoms with Gasteiger partial charge in [0.15, 0.2) is 11.6 Å². The Morgan fingerprint density at radius 2 is 1.91 bits per heavy atom. The minimum Gasteiger partial charge on any atom is -0.497 e. The number of likely N-dealkylation sites (tertiary alicyclic amines) is 1. The van der Waals surface area contributed by atoms with Crippen LogP contribution in [0.5, 0.6) is 5.75 Å². The van der Waals surface area contributed by atoms with E-state index in [4.69, 9.17) is 9.47 Å². The van der Waals surface area contributed by atoms with Crippen LogP contribution in [0.2, 0.25) is 0 Å². The Bertz CT molecular complexity index is 938. The maximum absolute atomic E-state index is 13.7. The summed E-state index contributed by atoms with van der Waals surface area (Å²) in [5.74, 6) is -0.207. The summed E-state index contributed by atoms with van der Waals surface area (Å²) in [4.78, 5) is 16.9. The highest BCUT2D eigenvalue weighted by Crippen LogP contribution is 2.35. The van der Waals surface area contributed by atoms with Crippen LogP contribution >= 0.6 is 0 Å². The molecule has 0 aromatic heterocycles. The molecule has 1 fully saturated rings. The number of carbonyl (C=O) groups excluding carboxylic acids is 1. The van der Waals surface area contributed by atoms with Gasteiger partial charge in [0.1, 0.15) is 12.4 Å². The van der Waals surface area contributed by atoms with Crippen molar-refractivity contribution in [2.24, 2.45) is 11.8 Å². The van der Waals surface area contributed by atoms with Gasteiger partial charge in [0, 0.05) is 45.8 Å². The van der Waals surface area contributed by atoms with Gasteiger partial charge < -0.3 is 14.4 Å². The summed E-state index contributed by atoms with van der Waals surface area (Å²) in [6.07, 6.45) is 0. The molecule has 2 aromatic rings. The second-order valence-electron chi connectivity index (χ2n) is 9.21. The zero-order valence-electron chi connectivity index (χ0n) is 19.9. The molecule has 2 aromatic carbocycles. The minimum absolute atomic E-state index is 0.0188. The van der Waals surface area contributed by atoms with Gasteiger partial charge in [-0.05, 0) is 47.2 Å². The van der Waals surface area contributed by atoms with Gasteiger partial charge >= 0.3 is 0 Å². The summed E-state index contributed by atoms with van der Waals surface area (Å²) in [6.45, 7) is 7.53. The van der Waals surface area contributed by atoms with Crippen molar-refractivity contribution < 1.29 is 23.0 Å². The molecule has 1 amide bonds. The molecule has 1 heterocycles. The lowest BCUT2D eigenvalue weighted by atomic mass is 9.88. The molecule has 5 nitrogen and oxygen atoms in total. The monoisotopic (exact) mass is 460 g/mol. The molecule has 1 saturated heterocycles. The molecule has 7 heteroatoms. The van der Waals surface area contributed by atoms with Crippen molar-refractivity contribution in [3.63, 3.8) is 0 Å². The maximum atomic E-state index is 13.7. The van der Waals surface area contributed by atoms with E-state index in [0.717, 1.165) is 30.0 Å². The van der Waals surface area contributed by atoms with Crippen LogP contribution in [0.1, 0.15) is 30.9 Å². The predicted octanol–water partition coefficient (Wildman–Crippen LogP) is 4.32. The average molecular weight is 461 g/mol. The smallest absolute Gasteiger partial charge is 0.248 e. The molecule has 180 valence electrons. The molecule has 0 bridgehead atoms. The van der Waals surface area contributed by atoms with Gasteiger partial charge in [-0.25, -0.2) is 8.78 Å². The van der Waals surface area contributed by atoms with Crippen molar-refractivity contribution in [3.8, 4) is 5.75 Å². The van der Waals surface area contributed by atoms with Gasteiger partial charge in [-0.1, -0.05) is 32.0 Å². The molecule has 1 aliphatic rings. The van der Waals surface area contributed by atoms with E-state index >= 15 is 0 Å². The zero-order valence-corrected chi connectivity index (χ0v) is 19.9. The van der Waals surface area contributed by atoms with E-state index in [1.807, 2.05) is 23.1 Å². The van der Waals surface area contributed by atoms with E-state index in [0.29, 0.717) is 25.6 Å². The van der Waals surface area contributed by atoms with Crippen LogP contribution in [0.3, 0.4) is 0 Å². The van der Waals surface area contributed by atoms with Crippen LogP contribution in [-0.4, -0.2) is 62.7 Å². The van der Waals surface area contributed by atoms with Crippen LogP contribution in [-0.2, 0) is 16.1 Å². The zero-order chi connectivity index (χ0) is 24.0.